The molecule has 29 heavy (non-hydrogen) atoms. The number of methoxy groups -OCH3 is 2. The van der Waals surface area contributed by atoms with Gasteiger partial charge in [-0.2, -0.15) is 18.4 Å². The number of hydrogen-bond acceptors (Lipinski definition) is 8. The van der Waals surface area contributed by atoms with Crippen molar-refractivity contribution in [1.82, 2.24) is 19.6 Å². The second-order valence-corrected chi connectivity index (χ2v) is 7.10. The maximum atomic E-state index is 12.3. The molecule has 0 saturated heterocycles. The van der Waals surface area contributed by atoms with E-state index in [2.05, 4.69) is 20.0 Å². The van der Waals surface area contributed by atoms with E-state index in [1.165, 1.54) is 51.4 Å². The molecule has 0 atom stereocenters. The first-order valence-electron chi connectivity index (χ1n) is 8.04. The summed E-state index contributed by atoms with van der Waals surface area (Å²) in [7, 11) is 1.40. The Morgan fingerprint density at radius 2 is 1.62 bits per heavy atom. The summed E-state index contributed by atoms with van der Waals surface area (Å²) in [5.74, 6) is -0.449. The third-order valence-electron chi connectivity index (χ3n) is 3.36. The van der Waals surface area contributed by atoms with Crippen LogP contribution in [0, 0.1) is 0 Å². The Kier molecular flexibility index (Phi) is 6.77. The molecule has 2 aromatic rings. The fraction of sp³-hybridized carbons (Fsp3) is 0.250. The third kappa shape index (κ3) is 5.93. The van der Waals surface area contributed by atoms with Crippen LogP contribution >= 0.6 is 0 Å². The highest BCUT2D eigenvalue weighted by Crippen LogP contribution is 2.18. The average Bonchev–Trinajstić information content (AvgIpc) is 2.66. The van der Waals surface area contributed by atoms with Crippen molar-refractivity contribution in [3.05, 3.63) is 35.9 Å². The smallest absolute Gasteiger partial charge is 0.336 e. The number of para-hydroxylation sites is 1. The molecule has 12 nitrogen and oxygen atoms in total. The number of urea groups is 1. The number of nitrogens with one attached hydrogen (secondary N) is 3. The number of rotatable bonds is 7. The van der Waals surface area contributed by atoms with Gasteiger partial charge in [0.1, 0.15) is 0 Å². The highest BCUT2D eigenvalue weighted by Gasteiger charge is 2.20. The van der Waals surface area contributed by atoms with Crippen LogP contribution in [0.3, 0.4) is 0 Å². The number of aromatic nitrogens is 2. The molecular weight excluding hydrogens is 404 g/mol. The van der Waals surface area contributed by atoms with E-state index in [1.54, 1.807) is 16.9 Å². The summed E-state index contributed by atoms with van der Waals surface area (Å²) < 4.78 is 38.4. The molecule has 156 valence electrons. The molecule has 2 rings (SSSR count). The van der Waals surface area contributed by atoms with Gasteiger partial charge in [0.25, 0.3) is 5.91 Å². The van der Waals surface area contributed by atoms with Crippen molar-refractivity contribution in [3.8, 4) is 11.8 Å². The summed E-state index contributed by atoms with van der Waals surface area (Å²) in [4.78, 5) is 33.3. The van der Waals surface area contributed by atoms with Gasteiger partial charge in [-0.3, -0.25) is 14.8 Å². The molecule has 1 heterocycles. The van der Waals surface area contributed by atoms with Gasteiger partial charge in [-0.15, -0.1) is 0 Å². The number of carbonyl (C=O) groups is 2. The molecule has 0 radical (unpaired) electrons. The molecule has 0 saturated carbocycles. The maximum Gasteiger partial charge on any atom is 0.336 e. The second kappa shape index (κ2) is 9.05. The van der Waals surface area contributed by atoms with Crippen LogP contribution in [0.2, 0.25) is 0 Å². The Hall–Kier alpha value is -3.61. The van der Waals surface area contributed by atoms with Crippen LogP contribution in [0.4, 0.5) is 16.4 Å². The molecule has 0 bridgehead atoms. The number of amides is 3. The van der Waals surface area contributed by atoms with Crippen LogP contribution in [0.5, 0.6) is 11.8 Å². The molecule has 0 aliphatic heterocycles. The lowest BCUT2D eigenvalue weighted by molar-refractivity contribution is 0.0828. The highest BCUT2D eigenvalue weighted by molar-refractivity contribution is 7.91. The largest absolute Gasteiger partial charge is 0.481 e. The highest BCUT2D eigenvalue weighted by atomic mass is 32.2. The average molecular weight is 424 g/mol. The molecule has 0 spiro atoms. The number of benzene rings is 1. The Morgan fingerprint density at radius 3 is 2.17 bits per heavy atom. The predicted octanol–water partition coefficient (Wildman–Crippen LogP) is 0.674. The van der Waals surface area contributed by atoms with Gasteiger partial charge >= 0.3 is 16.2 Å². The Balaban J connectivity index is 2.14. The van der Waals surface area contributed by atoms with E-state index < -0.39 is 22.1 Å². The van der Waals surface area contributed by atoms with Crippen LogP contribution in [-0.2, 0) is 10.2 Å². The summed E-state index contributed by atoms with van der Waals surface area (Å²) >= 11 is 0. The normalized spacial score (nSPS) is 10.6. The van der Waals surface area contributed by atoms with E-state index in [1.807, 2.05) is 0 Å². The van der Waals surface area contributed by atoms with E-state index in [-0.39, 0.29) is 29.0 Å². The van der Waals surface area contributed by atoms with Crippen LogP contribution in [0.15, 0.2) is 30.3 Å². The van der Waals surface area contributed by atoms with Crippen molar-refractivity contribution in [2.24, 2.45) is 0 Å². The Bertz CT molecular complexity index is 988. The van der Waals surface area contributed by atoms with Gasteiger partial charge in [0, 0.05) is 14.1 Å². The monoisotopic (exact) mass is 424 g/mol. The maximum absolute atomic E-state index is 12.3. The van der Waals surface area contributed by atoms with Crippen molar-refractivity contribution < 1.29 is 27.5 Å². The van der Waals surface area contributed by atoms with Gasteiger partial charge in [0.05, 0.1) is 31.5 Å². The summed E-state index contributed by atoms with van der Waals surface area (Å²) in [6, 6.07) is 6.22. The molecule has 3 amide bonds. The number of nitrogens with zero attached hydrogens (tertiary/aromatic N) is 3. The zero-order valence-electron chi connectivity index (χ0n) is 16.1. The number of anilines is 2. The van der Waals surface area contributed by atoms with Gasteiger partial charge in [-0.1, -0.05) is 12.1 Å². The zero-order valence-corrected chi connectivity index (χ0v) is 16.9. The third-order valence-corrected chi connectivity index (χ3v) is 4.30. The quantitative estimate of drug-likeness (QED) is 0.587. The molecule has 3 N–H and O–H groups in total. The molecule has 0 unspecified atom stereocenters. The standard InChI is InChI=1S/C16H20N6O6S/c1-22(2)14(23)10-7-5-6-8-11(10)20-29(25,26)21-16(24)19-15-17-12(27-3)9-13(18-15)28-4/h5-9,20H,1-4H3,(H2,17,18,19,21,24). The van der Waals surface area contributed by atoms with Crippen molar-refractivity contribution >= 4 is 33.8 Å². The van der Waals surface area contributed by atoms with Gasteiger partial charge in [-0.05, 0) is 12.1 Å². The molecule has 0 aliphatic rings. The first kappa shape index (κ1) is 21.7. The van der Waals surface area contributed by atoms with Crippen LogP contribution in [-0.4, -0.2) is 63.5 Å². The van der Waals surface area contributed by atoms with Crippen LogP contribution in [0.1, 0.15) is 10.4 Å². The fourth-order valence-corrected chi connectivity index (χ4v) is 2.90. The van der Waals surface area contributed by atoms with Gasteiger partial charge in [0.2, 0.25) is 17.7 Å². The Labute approximate surface area is 167 Å². The van der Waals surface area contributed by atoms with Crippen molar-refractivity contribution in [2.45, 2.75) is 0 Å². The molecular formula is C16H20N6O6S. The van der Waals surface area contributed by atoms with Gasteiger partial charge in [-0.25, -0.2) is 9.52 Å². The summed E-state index contributed by atoms with van der Waals surface area (Å²) in [6.45, 7) is 0. The molecule has 0 aliphatic carbocycles. The molecule has 1 aromatic heterocycles. The zero-order chi connectivity index (χ0) is 21.6. The molecule has 1 aromatic carbocycles. The van der Waals surface area contributed by atoms with Crippen molar-refractivity contribution in [3.63, 3.8) is 0 Å². The van der Waals surface area contributed by atoms with Gasteiger partial charge in [0.15, 0.2) is 0 Å². The minimum atomic E-state index is -4.37. The van der Waals surface area contributed by atoms with E-state index in [9.17, 15) is 18.0 Å². The molecule has 0 fully saturated rings. The first-order valence-corrected chi connectivity index (χ1v) is 9.52. The van der Waals surface area contributed by atoms with E-state index in [0.717, 1.165) is 0 Å². The second-order valence-electron chi connectivity index (χ2n) is 5.68. The topological polar surface area (TPSA) is 152 Å². The van der Waals surface area contributed by atoms with Crippen molar-refractivity contribution in [2.75, 3.05) is 38.4 Å². The van der Waals surface area contributed by atoms with E-state index in [0.29, 0.717) is 0 Å². The van der Waals surface area contributed by atoms with Crippen LogP contribution < -0.4 is 24.2 Å². The minimum absolute atomic E-state index is 0.00537. The SMILES string of the molecule is COc1cc(OC)nc(NC(=O)NS(=O)(=O)Nc2ccccc2C(=O)N(C)C)n1. The van der Waals surface area contributed by atoms with Crippen molar-refractivity contribution in [1.29, 1.82) is 0 Å². The van der Waals surface area contributed by atoms with E-state index in [4.69, 9.17) is 9.47 Å². The lowest BCUT2D eigenvalue weighted by Gasteiger charge is -2.15. The number of carbonyl (C=O) groups excluding carboxylic acids is 2. The molecule has 13 heteroatoms. The number of ether oxygens (including phenoxy) is 2. The lowest BCUT2D eigenvalue weighted by atomic mass is 10.1. The minimum Gasteiger partial charge on any atom is -0.481 e. The first-order chi connectivity index (χ1) is 13.6. The fourth-order valence-electron chi connectivity index (χ4n) is 2.09. The van der Waals surface area contributed by atoms with Gasteiger partial charge < -0.3 is 14.4 Å². The van der Waals surface area contributed by atoms with Crippen LogP contribution in [0.25, 0.3) is 0 Å². The predicted molar refractivity (Wildman–Crippen MR) is 104 cm³/mol. The van der Waals surface area contributed by atoms with E-state index >= 15 is 0 Å². The lowest BCUT2D eigenvalue weighted by Crippen LogP contribution is -2.39. The summed E-state index contributed by atoms with van der Waals surface area (Å²) in [6.07, 6.45) is 0. The number of hydrogen-bond donors (Lipinski definition) is 3. The Morgan fingerprint density at radius 1 is 1.03 bits per heavy atom. The summed E-state index contributed by atoms with van der Waals surface area (Å²) in [5, 5.41) is 2.16. The summed E-state index contributed by atoms with van der Waals surface area (Å²) in [5.41, 5.74) is 0.120.